The van der Waals surface area contributed by atoms with Crippen LogP contribution < -0.4 is 10.0 Å². The van der Waals surface area contributed by atoms with Gasteiger partial charge in [-0.1, -0.05) is 33.6 Å². The fraction of sp³-hybridized carbons (Fsp3) is 0.143. The maximum Gasteiger partial charge on any atom is 0.261 e. The maximum absolute atomic E-state index is 12.3. The molecule has 0 saturated heterocycles. The lowest BCUT2D eigenvalue weighted by Gasteiger charge is -2.10. The zero-order chi connectivity index (χ0) is 15.5. The third kappa shape index (κ3) is 4.20. The quantitative estimate of drug-likeness (QED) is 0.821. The molecule has 0 aliphatic rings. The van der Waals surface area contributed by atoms with E-state index in [2.05, 4.69) is 26.0 Å². The third-order valence-corrected chi connectivity index (χ3v) is 5.06. The highest BCUT2D eigenvalue weighted by atomic mass is 79.9. The molecule has 0 aliphatic heterocycles. The zero-order valence-corrected chi connectivity index (χ0v) is 14.4. The number of halogens is 2. The van der Waals surface area contributed by atoms with Crippen molar-refractivity contribution in [3.63, 3.8) is 0 Å². The fourth-order valence-corrected chi connectivity index (χ4v) is 3.42. The average Bonchev–Trinajstić information content (AvgIpc) is 2.43. The Kier molecular flexibility index (Phi) is 5.27. The Hall–Kier alpha value is -1.08. The van der Waals surface area contributed by atoms with Crippen LogP contribution in [0.15, 0.2) is 51.8 Å². The van der Waals surface area contributed by atoms with Gasteiger partial charge < -0.3 is 5.32 Å². The Labute approximate surface area is 137 Å². The molecular formula is C14H14BrClN2O2S. The Morgan fingerprint density at radius 2 is 1.81 bits per heavy atom. The van der Waals surface area contributed by atoms with Gasteiger partial charge in [0.25, 0.3) is 10.0 Å². The predicted octanol–water partition coefficient (Wildman–Crippen LogP) is 3.62. The van der Waals surface area contributed by atoms with Crippen molar-refractivity contribution in [2.45, 2.75) is 11.4 Å². The van der Waals surface area contributed by atoms with E-state index in [4.69, 9.17) is 11.6 Å². The van der Waals surface area contributed by atoms with Gasteiger partial charge in [-0.05, 0) is 49.0 Å². The van der Waals surface area contributed by atoms with Gasteiger partial charge in [0.1, 0.15) is 0 Å². The summed E-state index contributed by atoms with van der Waals surface area (Å²) in [6.45, 7) is 0.583. The predicted molar refractivity (Wildman–Crippen MR) is 89.2 cm³/mol. The Bertz CT molecular complexity index is 733. The number of benzene rings is 2. The molecule has 0 aromatic heterocycles. The number of hydrogen-bond acceptors (Lipinski definition) is 3. The van der Waals surface area contributed by atoms with E-state index in [1.165, 1.54) is 6.07 Å². The van der Waals surface area contributed by atoms with Crippen LogP contribution in [-0.2, 0) is 16.6 Å². The molecule has 4 nitrogen and oxygen atoms in total. The molecule has 0 bridgehead atoms. The van der Waals surface area contributed by atoms with Crippen molar-refractivity contribution in [3.8, 4) is 0 Å². The van der Waals surface area contributed by atoms with Crippen LogP contribution >= 0.6 is 27.5 Å². The molecule has 0 atom stereocenters. The Balaban J connectivity index is 2.27. The van der Waals surface area contributed by atoms with Gasteiger partial charge >= 0.3 is 0 Å². The maximum atomic E-state index is 12.3. The van der Waals surface area contributed by atoms with Gasteiger partial charge in [-0.25, -0.2) is 8.42 Å². The molecule has 2 aromatic carbocycles. The van der Waals surface area contributed by atoms with E-state index in [1.54, 1.807) is 43.4 Å². The molecule has 7 heteroatoms. The number of rotatable bonds is 5. The van der Waals surface area contributed by atoms with Crippen molar-refractivity contribution in [1.29, 1.82) is 0 Å². The molecule has 2 aromatic rings. The van der Waals surface area contributed by atoms with Gasteiger partial charge in [0.2, 0.25) is 0 Å². The molecule has 21 heavy (non-hydrogen) atoms. The van der Waals surface area contributed by atoms with Gasteiger partial charge in [0, 0.05) is 21.7 Å². The summed E-state index contributed by atoms with van der Waals surface area (Å²) in [5, 5.41) is 3.39. The molecule has 0 heterocycles. The molecular weight excluding hydrogens is 376 g/mol. The van der Waals surface area contributed by atoms with E-state index in [9.17, 15) is 8.42 Å². The Morgan fingerprint density at radius 1 is 1.14 bits per heavy atom. The second-order valence-corrected chi connectivity index (χ2v) is 7.40. The van der Waals surface area contributed by atoms with Crippen LogP contribution in [-0.4, -0.2) is 15.5 Å². The summed E-state index contributed by atoms with van der Waals surface area (Å²) in [4.78, 5) is 0.135. The SMILES string of the molecule is CNCc1ccc(S(=O)(=O)Nc2ccc(Br)cc2)cc1Cl. The molecule has 0 spiro atoms. The molecule has 0 amide bonds. The molecule has 0 saturated carbocycles. The van der Waals surface area contributed by atoms with Crippen LogP contribution in [0.4, 0.5) is 5.69 Å². The second-order valence-electron chi connectivity index (χ2n) is 4.40. The van der Waals surface area contributed by atoms with Crippen LogP contribution in [0.2, 0.25) is 5.02 Å². The van der Waals surface area contributed by atoms with Crippen LogP contribution in [0.1, 0.15) is 5.56 Å². The first-order valence-corrected chi connectivity index (χ1v) is 8.79. The summed E-state index contributed by atoms with van der Waals surface area (Å²) in [5.74, 6) is 0. The summed E-state index contributed by atoms with van der Waals surface area (Å²) in [6, 6.07) is 11.6. The highest BCUT2D eigenvalue weighted by Gasteiger charge is 2.15. The van der Waals surface area contributed by atoms with Crippen molar-refractivity contribution in [2.24, 2.45) is 0 Å². The minimum atomic E-state index is -3.65. The van der Waals surface area contributed by atoms with Gasteiger partial charge in [-0.2, -0.15) is 0 Å². The lowest BCUT2D eigenvalue weighted by Crippen LogP contribution is -2.13. The summed E-state index contributed by atoms with van der Waals surface area (Å²) in [7, 11) is -1.85. The first-order valence-electron chi connectivity index (χ1n) is 6.14. The highest BCUT2D eigenvalue weighted by molar-refractivity contribution is 9.10. The molecule has 0 fully saturated rings. The standard InChI is InChI=1S/C14H14BrClN2O2S/c1-17-9-10-2-7-13(8-14(10)16)21(19,20)18-12-5-3-11(15)4-6-12/h2-8,17-18H,9H2,1H3. The van der Waals surface area contributed by atoms with Crippen molar-refractivity contribution >= 4 is 43.2 Å². The van der Waals surface area contributed by atoms with E-state index in [0.29, 0.717) is 17.3 Å². The normalized spacial score (nSPS) is 11.4. The summed E-state index contributed by atoms with van der Waals surface area (Å²) in [5.41, 5.74) is 1.34. The van der Waals surface area contributed by atoms with Crippen LogP contribution in [0.3, 0.4) is 0 Å². The van der Waals surface area contributed by atoms with Crippen LogP contribution in [0.5, 0.6) is 0 Å². The topological polar surface area (TPSA) is 58.2 Å². The van der Waals surface area contributed by atoms with Gasteiger partial charge in [0.05, 0.1) is 4.90 Å². The minimum absolute atomic E-state index is 0.135. The number of nitrogens with one attached hydrogen (secondary N) is 2. The van der Waals surface area contributed by atoms with E-state index in [-0.39, 0.29) is 4.90 Å². The van der Waals surface area contributed by atoms with E-state index < -0.39 is 10.0 Å². The first kappa shape index (κ1) is 16.3. The molecule has 0 aliphatic carbocycles. The largest absolute Gasteiger partial charge is 0.316 e. The van der Waals surface area contributed by atoms with E-state index >= 15 is 0 Å². The minimum Gasteiger partial charge on any atom is -0.316 e. The lowest BCUT2D eigenvalue weighted by molar-refractivity contribution is 0.601. The van der Waals surface area contributed by atoms with Gasteiger partial charge in [-0.15, -0.1) is 0 Å². The fourth-order valence-electron chi connectivity index (χ4n) is 1.76. The molecule has 2 rings (SSSR count). The number of anilines is 1. The van der Waals surface area contributed by atoms with Gasteiger partial charge in [0.15, 0.2) is 0 Å². The summed E-state index contributed by atoms with van der Waals surface area (Å²) < 4.78 is 28.0. The Morgan fingerprint density at radius 3 is 2.38 bits per heavy atom. The molecule has 0 unspecified atom stereocenters. The van der Waals surface area contributed by atoms with Gasteiger partial charge in [-0.3, -0.25) is 4.72 Å². The second kappa shape index (κ2) is 6.79. The molecule has 0 radical (unpaired) electrons. The lowest BCUT2D eigenvalue weighted by atomic mass is 10.2. The number of hydrogen-bond donors (Lipinski definition) is 2. The third-order valence-electron chi connectivity index (χ3n) is 2.80. The molecule has 2 N–H and O–H groups in total. The summed E-state index contributed by atoms with van der Waals surface area (Å²) >= 11 is 9.40. The smallest absolute Gasteiger partial charge is 0.261 e. The van der Waals surface area contributed by atoms with E-state index in [1.807, 2.05) is 0 Å². The molecule has 112 valence electrons. The first-order chi connectivity index (χ1) is 9.92. The van der Waals surface area contributed by atoms with Crippen molar-refractivity contribution < 1.29 is 8.42 Å². The van der Waals surface area contributed by atoms with Crippen molar-refractivity contribution in [3.05, 3.63) is 57.5 Å². The zero-order valence-electron chi connectivity index (χ0n) is 11.2. The number of sulfonamides is 1. The van der Waals surface area contributed by atoms with Crippen molar-refractivity contribution in [1.82, 2.24) is 5.32 Å². The van der Waals surface area contributed by atoms with Crippen LogP contribution in [0, 0.1) is 0 Å². The van der Waals surface area contributed by atoms with E-state index in [0.717, 1.165) is 10.0 Å². The average molecular weight is 390 g/mol. The highest BCUT2D eigenvalue weighted by Crippen LogP contribution is 2.23. The monoisotopic (exact) mass is 388 g/mol. The summed E-state index contributed by atoms with van der Waals surface area (Å²) in [6.07, 6.45) is 0. The van der Waals surface area contributed by atoms with Crippen molar-refractivity contribution in [2.75, 3.05) is 11.8 Å². The van der Waals surface area contributed by atoms with Crippen LogP contribution in [0.25, 0.3) is 0 Å².